The molecule has 3 nitrogen and oxygen atoms in total. The molecule has 0 spiro atoms. The fourth-order valence-corrected chi connectivity index (χ4v) is 1.39. The van der Waals surface area contributed by atoms with Crippen LogP contribution in [0, 0.1) is 11.6 Å². The van der Waals surface area contributed by atoms with Gasteiger partial charge in [0.05, 0.1) is 5.56 Å². The molecular weight excluding hydrogens is 228 g/mol. The van der Waals surface area contributed by atoms with E-state index in [1.165, 1.54) is 13.0 Å². The number of amides is 1. The van der Waals surface area contributed by atoms with Crippen LogP contribution in [0.15, 0.2) is 18.2 Å². The Kier molecular flexibility index (Phi) is 4.43. The van der Waals surface area contributed by atoms with Crippen LogP contribution >= 0.6 is 0 Å². The van der Waals surface area contributed by atoms with Crippen LogP contribution in [-0.4, -0.2) is 12.1 Å². The average molecular weight is 243 g/mol. The molecule has 17 heavy (non-hydrogen) atoms. The first-order chi connectivity index (χ1) is 7.91. The molecule has 0 fully saturated rings. The molecule has 0 saturated carbocycles. The van der Waals surface area contributed by atoms with Crippen LogP contribution in [0.5, 0.6) is 0 Å². The van der Waals surface area contributed by atoms with Crippen LogP contribution in [0.1, 0.15) is 32.4 Å². The summed E-state index contributed by atoms with van der Waals surface area (Å²) >= 11 is 0. The predicted molar refractivity (Wildman–Crippen MR) is 59.5 cm³/mol. The van der Waals surface area contributed by atoms with E-state index in [0.717, 1.165) is 12.1 Å². The molecule has 0 radical (unpaired) electrons. The van der Waals surface area contributed by atoms with E-state index < -0.39 is 23.8 Å². The quantitative estimate of drug-likeness (QED) is 0.885. The third kappa shape index (κ3) is 3.69. The van der Waals surface area contributed by atoms with Crippen molar-refractivity contribution in [1.82, 2.24) is 5.32 Å². The lowest BCUT2D eigenvalue weighted by molar-refractivity contribution is 0.101. The van der Waals surface area contributed by atoms with Crippen LogP contribution < -0.4 is 5.32 Å². The largest absolute Gasteiger partial charge is 0.441 e. The first-order valence-corrected chi connectivity index (χ1v) is 5.33. The Hall–Kier alpha value is -1.65. The summed E-state index contributed by atoms with van der Waals surface area (Å²) < 4.78 is 31.6. The standard InChI is InChI=1S/C12H15F2NO2/c1-7(2)15-12(16)17-8(3)11-9(13)5-4-6-10(11)14/h4-8H,1-3H3,(H,15,16). The predicted octanol–water partition coefficient (Wildman–Crippen LogP) is 3.16. The van der Waals surface area contributed by atoms with Crippen molar-refractivity contribution in [2.24, 2.45) is 0 Å². The summed E-state index contributed by atoms with van der Waals surface area (Å²) in [6.07, 6.45) is -1.68. The summed E-state index contributed by atoms with van der Waals surface area (Å²) in [7, 11) is 0. The molecule has 0 heterocycles. The smallest absolute Gasteiger partial charge is 0.407 e. The van der Waals surface area contributed by atoms with Gasteiger partial charge in [0.1, 0.15) is 17.7 Å². The second-order valence-corrected chi connectivity index (χ2v) is 3.98. The number of carbonyl (C=O) groups excluding carboxylic acids is 1. The Labute approximate surface area is 98.8 Å². The van der Waals surface area contributed by atoms with E-state index in [0.29, 0.717) is 0 Å². The fraction of sp³-hybridized carbons (Fsp3) is 0.417. The zero-order valence-electron chi connectivity index (χ0n) is 9.96. The van der Waals surface area contributed by atoms with E-state index in [1.54, 1.807) is 13.8 Å². The molecule has 1 unspecified atom stereocenters. The lowest BCUT2D eigenvalue weighted by atomic mass is 10.1. The van der Waals surface area contributed by atoms with Gasteiger partial charge in [-0.1, -0.05) is 6.07 Å². The topological polar surface area (TPSA) is 38.3 Å². The summed E-state index contributed by atoms with van der Waals surface area (Å²) in [5.74, 6) is -1.45. The monoisotopic (exact) mass is 243 g/mol. The van der Waals surface area contributed by atoms with Gasteiger partial charge in [-0.25, -0.2) is 13.6 Å². The number of alkyl carbamates (subject to hydrolysis) is 1. The summed E-state index contributed by atoms with van der Waals surface area (Å²) in [4.78, 5) is 11.3. The Bertz CT molecular complexity index is 387. The molecule has 1 aromatic rings. The lowest BCUT2D eigenvalue weighted by Crippen LogP contribution is -2.31. The minimum Gasteiger partial charge on any atom is -0.441 e. The number of hydrogen-bond donors (Lipinski definition) is 1. The van der Waals surface area contributed by atoms with E-state index >= 15 is 0 Å². The summed E-state index contributed by atoms with van der Waals surface area (Å²) in [5.41, 5.74) is -0.244. The molecule has 1 amide bonds. The molecule has 94 valence electrons. The van der Waals surface area contributed by atoms with Crippen molar-refractivity contribution in [3.8, 4) is 0 Å². The van der Waals surface area contributed by atoms with Crippen molar-refractivity contribution < 1.29 is 18.3 Å². The number of rotatable bonds is 3. The minimum absolute atomic E-state index is 0.0971. The highest BCUT2D eigenvalue weighted by Gasteiger charge is 2.19. The van der Waals surface area contributed by atoms with Crippen LogP contribution in [0.3, 0.4) is 0 Å². The second kappa shape index (κ2) is 5.61. The fourth-order valence-electron chi connectivity index (χ4n) is 1.39. The van der Waals surface area contributed by atoms with Crippen LogP contribution in [-0.2, 0) is 4.74 Å². The van der Waals surface area contributed by atoms with E-state index in [1.807, 2.05) is 0 Å². The van der Waals surface area contributed by atoms with E-state index in [9.17, 15) is 13.6 Å². The highest BCUT2D eigenvalue weighted by molar-refractivity contribution is 5.67. The van der Waals surface area contributed by atoms with E-state index in [4.69, 9.17) is 4.74 Å². The van der Waals surface area contributed by atoms with Gasteiger partial charge < -0.3 is 10.1 Å². The van der Waals surface area contributed by atoms with Gasteiger partial charge in [-0.3, -0.25) is 0 Å². The van der Waals surface area contributed by atoms with Gasteiger partial charge in [0.2, 0.25) is 0 Å². The number of halogens is 2. The van der Waals surface area contributed by atoms with Gasteiger partial charge in [0, 0.05) is 6.04 Å². The van der Waals surface area contributed by atoms with Crippen molar-refractivity contribution in [2.75, 3.05) is 0 Å². The molecule has 0 aromatic heterocycles. The number of hydrogen-bond acceptors (Lipinski definition) is 2. The summed E-state index contributed by atoms with van der Waals surface area (Å²) in [5, 5.41) is 2.48. The Morgan fingerprint density at radius 1 is 1.24 bits per heavy atom. The van der Waals surface area contributed by atoms with Crippen LogP contribution in [0.4, 0.5) is 13.6 Å². The highest BCUT2D eigenvalue weighted by Crippen LogP contribution is 2.23. The molecule has 1 rings (SSSR count). The SMILES string of the molecule is CC(C)NC(=O)OC(C)c1c(F)cccc1F. The maximum absolute atomic E-state index is 13.4. The van der Waals surface area contributed by atoms with Gasteiger partial charge in [-0.05, 0) is 32.9 Å². The first kappa shape index (κ1) is 13.4. The number of benzene rings is 1. The Morgan fingerprint density at radius 3 is 2.24 bits per heavy atom. The molecule has 1 aromatic carbocycles. The molecule has 0 bridgehead atoms. The maximum Gasteiger partial charge on any atom is 0.407 e. The van der Waals surface area contributed by atoms with Gasteiger partial charge in [-0.2, -0.15) is 0 Å². The molecule has 0 aliphatic heterocycles. The molecule has 5 heteroatoms. The number of ether oxygens (including phenoxy) is 1. The zero-order valence-corrected chi connectivity index (χ0v) is 9.96. The number of carbonyl (C=O) groups is 1. The lowest BCUT2D eigenvalue weighted by Gasteiger charge is -2.16. The van der Waals surface area contributed by atoms with Crippen LogP contribution in [0.25, 0.3) is 0 Å². The number of nitrogens with one attached hydrogen (secondary N) is 1. The highest BCUT2D eigenvalue weighted by atomic mass is 19.1. The van der Waals surface area contributed by atoms with Crippen molar-refractivity contribution in [3.05, 3.63) is 35.4 Å². The van der Waals surface area contributed by atoms with Gasteiger partial charge >= 0.3 is 6.09 Å². The van der Waals surface area contributed by atoms with E-state index in [2.05, 4.69) is 5.32 Å². The molecule has 0 aliphatic carbocycles. The van der Waals surface area contributed by atoms with Crippen molar-refractivity contribution in [3.63, 3.8) is 0 Å². The van der Waals surface area contributed by atoms with Crippen molar-refractivity contribution in [2.45, 2.75) is 32.9 Å². The van der Waals surface area contributed by atoms with Crippen molar-refractivity contribution >= 4 is 6.09 Å². The Morgan fingerprint density at radius 2 is 1.76 bits per heavy atom. The normalized spacial score (nSPS) is 12.4. The maximum atomic E-state index is 13.4. The molecule has 1 N–H and O–H groups in total. The van der Waals surface area contributed by atoms with Gasteiger partial charge in [0.25, 0.3) is 0 Å². The average Bonchev–Trinajstić information content (AvgIpc) is 2.15. The van der Waals surface area contributed by atoms with Gasteiger partial charge in [0.15, 0.2) is 0 Å². The van der Waals surface area contributed by atoms with Crippen LogP contribution in [0.2, 0.25) is 0 Å². The molecular formula is C12H15F2NO2. The molecule has 1 atom stereocenters. The van der Waals surface area contributed by atoms with E-state index in [-0.39, 0.29) is 11.6 Å². The van der Waals surface area contributed by atoms with Gasteiger partial charge in [-0.15, -0.1) is 0 Å². The minimum atomic E-state index is -0.977. The third-order valence-corrected chi connectivity index (χ3v) is 2.10. The summed E-state index contributed by atoms with van der Waals surface area (Å²) in [6, 6.07) is 3.41. The molecule has 0 saturated heterocycles. The molecule has 0 aliphatic rings. The summed E-state index contributed by atoms with van der Waals surface area (Å²) in [6.45, 7) is 4.94. The Balaban J connectivity index is 2.76. The second-order valence-electron chi connectivity index (χ2n) is 3.98. The third-order valence-electron chi connectivity index (χ3n) is 2.10. The zero-order chi connectivity index (χ0) is 13.0. The first-order valence-electron chi connectivity index (χ1n) is 5.33. The van der Waals surface area contributed by atoms with Crippen molar-refractivity contribution in [1.29, 1.82) is 0 Å².